The van der Waals surface area contributed by atoms with Gasteiger partial charge in [-0.1, -0.05) is 41.9 Å². The molecule has 0 bridgehead atoms. The number of nitrogens with zero attached hydrogens (tertiary/aromatic N) is 2. The van der Waals surface area contributed by atoms with Crippen LogP contribution in [0.3, 0.4) is 0 Å². The summed E-state index contributed by atoms with van der Waals surface area (Å²) >= 11 is 5.98. The molecule has 1 fully saturated rings. The molecule has 0 saturated carbocycles. The fourth-order valence-electron chi connectivity index (χ4n) is 3.19. The Labute approximate surface area is 154 Å². The number of amides is 2. The Hall–Kier alpha value is -2.20. The SMILES string of the molecule is Cc1ccccc1N1CCN(C(=O)NCCc2cccc(Cl)c2)CC1. The lowest BCUT2D eigenvalue weighted by atomic mass is 10.1. The van der Waals surface area contributed by atoms with Crippen molar-refractivity contribution in [3.8, 4) is 0 Å². The summed E-state index contributed by atoms with van der Waals surface area (Å²) in [6, 6.07) is 16.2. The third-order valence-electron chi connectivity index (χ3n) is 4.60. The molecule has 5 heteroatoms. The Kier molecular flexibility index (Phi) is 5.82. The van der Waals surface area contributed by atoms with Crippen LogP contribution in [0.4, 0.5) is 10.5 Å². The van der Waals surface area contributed by atoms with E-state index >= 15 is 0 Å². The molecule has 4 nitrogen and oxygen atoms in total. The number of rotatable bonds is 4. The number of carbonyl (C=O) groups excluding carboxylic acids is 1. The first-order chi connectivity index (χ1) is 12.1. The number of benzene rings is 2. The molecule has 1 saturated heterocycles. The molecule has 1 aliphatic heterocycles. The molecule has 1 aliphatic rings. The number of hydrogen-bond donors (Lipinski definition) is 1. The van der Waals surface area contributed by atoms with Crippen LogP contribution >= 0.6 is 11.6 Å². The molecular weight excluding hydrogens is 334 g/mol. The van der Waals surface area contributed by atoms with Crippen molar-refractivity contribution in [3.63, 3.8) is 0 Å². The highest BCUT2D eigenvalue weighted by Crippen LogP contribution is 2.20. The maximum absolute atomic E-state index is 12.3. The van der Waals surface area contributed by atoms with Crippen LogP contribution in [0.1, 0.15) is 11.1 Å². The third kappa shape index (κ3) is 4.67. The predicted octanol–water partition coefficient (Wildman–Crippen LogP) is 3.72. The summed E-state index contributed by atoms with van der Waals surface area (Å²) in [5.74, 6) is 0. The number of urea groups is 1. The lowest BCUT2D eigenvalue weighted by molar-refractivity contribution is 0.194. The van der Waals surface area contributed by atoms with E-state index in [-0.39, 0.29) is 6.03 Å². The Morgan fingerprint density at radius 1 is 1.08 bits per heavy atom. The minimum atomic E-state index is 0.0199. The number of carbonyl (C=O) groups is 1. The van der Waals surface area contributed by atoms with Gasteiger partial charge in [0.05, 0.1) is 0 Å². The number of para-hydroxylation sites is 1. The Bertz CT molecular complexity index is 726. The molecule has 2 amide bonds. The van der Waals surface area contributed by atoms with Crippen LogP contribution in [0.2, 0.25) is 5.02 Å². The molecule has 2 aromatic carbocycles. The van der Waals surface area contributed by atoms with Crippen molar-refractivity contribution >= 4 is 23.3 Å². The van der Waals surface area contributed by atoms with Crippen molar-refractivity contribution in [1.29, 1.82) is 0 Å². The second-order valence-corrected chi connectivity index (χ2v) is 6.81. The molecule has 0 unspecified atom stereocenters. The molecule has 0 spiro atoms. The van der Waals surface area contributed by atoms with Crippen molar-refractivity contribution in [2.75, 3.05) is 37.6 Å². The van der Waals surface area contributed by atoms with Crippen LogP contribution in [0.15, 0.2) is 48.5 Å². The fourth-order valence-corrected chi connectivity index (χ4v) is 3.40. The van der Waals surface area contributed by atoms with E-state index in [4.69, 9.17) is 11.6 Å². The van der Waals surface area contributed by atoms with Gasteiger partial charge >= 0.3 is 6.03 Å². The summed E-state index contributed by atoms with van der Waals surface area (Å²) in [4.78, 5) is 16.6. The average Bonchev–Trinajstić information content (AvgIpc) is 2.62. The summed E-state index contributed by atoms with van der Waals surface area (Å²) < 4.78 is 0. The Morgan fingerprint density at radius 3 is 2.56 bits per heavy atom. The zero-order chi connectivity index (χ0) is 17.6. The van der Waals surface area contributed by atoms with Crippen molar-refractivity contribution in [2.45, 2.75) is 13.3 Å². The molecular formula is C20H24ClN3O. The van der Waals surface area contributed by atoms with E-state index < -0.39 is 0 Å². The third-order valence-corrected chi connectivity index (χ3v) is 4.84. The van der Waals surface area contributed by atoms with Gasteiger partial charge in [-0.25, -0.2) is 4.79 Å². The molecule has 1 heterocycles. The van der Waals surface area contributed by atoms with Gasteiger partial charge in [0.25, 0.3) is 0 Å². The van der Waals surface area contributed by atoms with E-state index in [9.17, 15) is 4.79 Å². The van der Waals surface area contributed by atoms with Crippen molar-refractivity contribution < 1.29 is 4.79 Å². The second kappa shape index (κ2) is 8.26. The first kappa shape index (κ1) is 17.6. The van der Waals surface area contributed by atoms with Crippen LogP contribution in [-0.2, 0) is 6.42 Å². The smallest absolute Gasteiger partial charge is 0.317 e. The first-order valence-corrected chi connectivity index (χ1v) is 9.09. The largest absolute Gasteiger partial charge is 0.368 e. The number of anilines is 1. The van der Waals surface area contributed by atoms with Crippen molar-refractivity contribution in [3.05, 3.63) is 64.7 Å². The Morgan fingerprint density at radius 2 is 1.84 bits per heavy atom. The van der Waals surface area contributed by atoms with Gasteiger partial charge in [-0.05, 0) is 42.7 Å². The number of hydrogen-bond acceptors (Lipinski definition) is 2. The molecule has 0 aliphatic carbocycles. The maximum atomic E-state index is 12.3. The van der Waals surface area contributed by atoms with Crippen LogP contribution in [0.5, 0.6) is 0 Å². The number of nitrogens with one attached hydrogen (secondary N) is 1. The number of halogens is 1. The fraction of sp³-hybridized carbons (Fsp3) is 0.350. The maximum Gasteiger partial charge on any atom is 0.317 e. The van der Waals surface area contributed by atoms with Gasteiger partial charge in [-0.2, -0.15) is 0 Å². The molecule has 0 atom stereocenters. The summed E-state index contributed by atoms with van der Waals surface area (Å²) in [6.45, 7) is 5.98. The van der Waals surface area contributed by atoms with E-state index in [1.165, 1.54) is 11.3 Å². The van der Waals surface area contributed by atoms with Gasteiger partial charge in [0.15, 0.2) is 0 Å². The summed E-state index contributed by atoms with van der Waals surface area (Å²) in [6.07, 6.45) is 0.787. The van der Waals surface area contributed by atoms with Gasteiger partial charge in [0, 0.05) is 43.4 Å². The van der Waals surface area contributed by atoms with E-state index in [0.717, 1.165) is 43.2 Å². The minimum absolute atomic E-state index is 0.0199. The predicted molar refractivity (Wildman–Crippen MR) is 104 cm³/mol. The highest BCUT2D eigenvalue weighted by atomic mass is 35.5. The Balaban J connectivity index is 1.45. The van der Waals surface area contributed by atoms with Crippen LogP contribution in [-0.4, -0.2) is 43.7 Å². The zero-order valence-corrected chi connectivity index (χ0v) is 15.3. The van der Waals surface area contributed by atoms with Gasteiger partial charge < -0.3 is 15.1 Å². The normalized spacial score (nSPS) is 14.5. The van der Waals surface area contributed by atoms with E-state index in [1.54, 1.807) is 0 Å². The standard InChI is InChI=1S/C20H24ClN3O/c1-16-5-2-3-8-19(16)23-11-13-24(14-12-23)20(25)22-10-9-17-6-4-7-18(21)15-17/h2-8,15H,9-14H2,1H3,(H,22,25). The zero-order valence-electron chi connectivity index (χ0n) is 14.5. The van der Waals surface area contributed by atoms with E-state index in [1.807, 2.05) is 29.2 Å². The second-order valence-electron chi connectivity index (χ2n) is 6.37. The first-order valence-electron chi connectivity index (χ1n) is 8.71. The highest BCUT2D eigenvalue weighted by molar-refractivity contribution is 6.30. The highest BCUT2D eigenvalue weighted by Gasteiger charge is 2.21. The van der Waals surface area contributed by atoms with Crippen LogP contribution < -0.4 is 10.2 Å². The molecule has 2 aromatic rings. The monoisotopic (exact) mass is 357 g/mol. The molecule has 132 valence electrons. The summed E-state index contributed by atoms with van der Waals surface area (Å²) in [7, 11) is 0. The lowest BCUT2D eigenvalue weighted by Gasteiger charge is -2.36. The number of aryl methyl sites for hydroxylation is 1. The lowest BCUT2D eigenvalue weighted by Crippen LogP contribution is -2.52. The van der Waals surface area contributed by atoms with Crippen LogP contribution in [0, 0.1) is 6.92 Å². The topological polar surface area (TPSA) is 35.6 Å². The molecule has 25 heavy (non-hydrogen) atoms. The molecule has 0 aromatic heterocycles. The van der Waals surface area contributed by atoms with Crippen molar-refractivity contribution in [1.82, 2.24) is 10.2 Å². The molecule has 0 radical (unpaired) electrons. The van der Waals surface area contributed by atoms with Crippen molar-refractivity contribution in [2.24, 2.45) is 0 Å². The minimum Gasteiger partial charge on any atom is -0.368 e. The van der Waals surface area contributed by atoms with Gasteiger partial charge in [-0.15, -0.1) is 0 Å². The molecule has 3 rings (SSSR count). The van der Waals surface area contributed by atoms with E-state index in [0.29, 0.717) is 6.54 Å². The van der Waals surface area contributed by atoms with E-state index in [2.05, 4.69) is 41.4 Å². The van der Waals surface area contributed by atoms with Crippen LogP contribution in [0.25, 0.3) is 0 Å². The molecule has 1 N–H and O–H groups in total. The van der Waals surface area contributed by atoms with Gasteiger partial charge in [-0.3, -0.25) is 0 Å². The number of piperazine rings is 1. The quantitative estimate of drug-likeness (QED) is 0.905. The summed E-state index contributed by atoms with van der Waals surface area (Å²) in [5, 5.41) is 3.74. The summed E-state index contributed by atoms with van der Waals surface area (Å²) in [5.41, 5.74) is 3.68. The average molecular weight is 358 g/mol. The van der Waals surface area contributed by atoms with Gasteiger partial charge in [0.1, 0.15) is 0 Å². The van der Waals surface area contributed by atoms with Gasteiger partial charge in [0.2, 0.25) is 0 Å².